The molecule has 4 heteroatoms. The first kappa shape index (κ1) is 26.6. The maximum atomic E-state index is 5.92. The van der Waals surface area contributed by atoms with E-state index in [2.05, 4.69) is 52.0 Å². The van der Waals surface area contributed by atoms with Crippen molar-refractivity contribution in [2.45, 2.75) is 85.4 Å². The van der Waals surface area contributed by atoms with Gasteiger partial charge in [0.1, 0.15) is 17.2 Å². The van der Waals surface area contributed by atoms with Gasteiger partial charge in [0.05, 0.1) is 6.61 Å². The first-order chi connectivity index (χ1) is 16.9. The monoisotopic (exact) mass is 476 g/mol. The predicted molar refractivity (Wildman–Crippen MR) is 142 cm³/mol. The van der Waals surface area contributed by atoms with E-state index in [9.17, 15) is 0 Å². The molecule has 3 aromatic rings. The molecule has 0 bridgehead atoms. The van der Waals surface area contributed by atoms with Gasteiger partial charge >= 0.3 is 0 Å². The fourth-order valence-corrected chi connectivity index (χ4v) is 3.73. The first-order valence-electron chi connectivity index (χ1n) is 12.8. The van der Waals surface area contributed by atoms with Crippen molar-refractivity contribution in [1.29, 1.82) is 0 Å². The second-order valence-corrected chi connectivity index (χ2v) is 9.20. The fraction of sp³-hybridized carbons (Fsp3) is 0.419. The van der Waals surface area contributed by atoms with Crippen molar-refractivity contribution in [3.8, 4) is 17.2 Å². The first-order valence-corrected chi connectivity index (χ1v) is 12.8. The van der Waals surface area contributed by atoms with Crippen molar-refractivity contribution in [3.05, 3.63) is 89.5 Å². The zero-order valence-corrected chi connectivity index (χ0v) is 22.0. The standard InChI is InChI=1S/C31H40O4/c1-7-22(3)27-11-17-30(18-12-27)33-24(5)32-21-26-9-15-29(16-10-26)34-25(6)35-31-19-13-28(14-20-31)23(4)8-2/h9-20,22-25H,7-8,21H2,1-6H3. The molecular weight excluding hydrogens is 436 g/mol. The van der Waals surface area contributed by atoms with Gasteiger partial charge in [-0.1, -0.05) is 64.1 Å². The van der Waals surface area contributed by atoms with Gasteiger partial charge in [-0.15, -0.1) is 0 Å². The molecular formula is C31H40O4. The molecule has 0 heterocycles. The van der Waals surface area contributed by atoms with E-state index in [1.807, 2.05) is 62.4 Å². The van der Waals surface area contributed by atoms with E-state index in [0.29, 0.717) is 18.4 Å². The molecule has 0 saturated heterocycles. The summed E-state index contributed by atoms with van der Waals surface area (Å²) in [7, 11) is 0. The largest absolute Gasteiger partial charge is 0.465 e. The van der Waals surface area contributed by atoms with Crippen LogP contribution in [0.3, 0.4) is 0 Å². The Hall–Kier alpha value is -2.98. The summed E-state index contributed by atoms with van der Waals surface area (Å²) in [5.41, 5.74) is 3.70. The molecule has 188 valence electrons. The second kappa shape index (κ2) is 13.2. The highest BCUT2D eigenvalue weighted by Gasteiger charge is 2.09. The van der Waals surface area contributed by atoms with Crippen LogP contribution >= 0.6 is 0 Å². The highest BCUT2D eigenvalue weighted by atomic mass is 16.7. The van der Waals surface area contributed by atoms with Crippen LogP contribution in [0.1, 0.15) is 82.9 Å². The molecule has 0 spiro atoms. The third-order valence-corrected chi connectivity index (χ3v) is 6.44. The molecule has 4 nitrogen and oxygen atoms in total. The summed E-state index contributed by atoms with van der Waals surface area (Å²) >= 11 is 0. The van der Waals surface area contributed by atoms with Crippen LogP contribution in [0.2, 0.25) is 0 Å². The number of rotatable bonds is 13. The normalized spacial score (nSPS) is 14.6. The van der Waals surface area contributed by atoms with Crippen LogP contribution in [0, 0.1) is 0 Å². The topological polar surface area (TPSA) is 36.9 Å². The molecule has 0 fully saturated rings. The minimum Gasteiger partial charge on any atom is -0.465 e. The minimum absolute atomic E-state index is 0.347. The van der Waals surface area contributed by atoms with Gasteiger partial charge in [0, 0.05) is 6.92 Å². The maximum absolute atomic E-state index is 5.92. The van der Waals surface area contributed by atoms with Gasteiger partial charge in [-0.05, 0) is 84.7 Å². The SMILES string of the molecule is CCC(C)c1ccc(OC(C)OCc2ccc(OC(C)Oc3ccc(C(C)CC)cc3)cc2)cc1. The van der Waals surface area contributed by atoms with E-state index >= 15 is 0 Å². The van der Waals surface area contributed by atoms with Crippen molar-refractivity contribution < 1.29 is 18.9 Å². The Morgan fingerprint density at radius 2 is 0.886 bits per heavy atom. The fourth-order valence-electron chi connectivity index (χ4n) is 3.73. The summed E-state index contributed by atoms with van der Waals surface area (Å²) in [6, 6.07) is 24.4. The molecule has 0 aliphatic carbocycles. The molecule has 3 aromatic carbocycles. The van der Waals surface area contributed by atoms with Gasteiger partial charge < -0.3 is 18.9 Å². The molecule has 4 unspecified atom stereocenters. The van der Waals surface area contributed by atoms with Crippen molar-refractivity contribution in [2.24, 2.45) is 0 Å². The van der Waals surface area contributed by atoms with Crippen LogP contribution in [0.25, 0.3) is 0 Å². The Kier molecular flexibility index (Phi) is 10.0. The Labute approximate surface area is 211 Å². The van der Waals surface area contributed by atoms with Crippen molar-refractivity contribution >= 4 is 0 Å². The number of benzene rings is 3. The summed E-state index contributed by atoms with van der Waals surface area (Å²) in [5, 5.41) is 0. The lowest BCUT2D eigenvalue weighted by Crippen LogP contribution is -2.19. The van der Waals surface area contributed by atoms with Crippen LogP contribution in [0.5, 0.6) is 17.2 Å². The zero-order valence-electron chi connectivity index (χ0n) is 22.0. The Morgan fingerprint density at radius 3 is 1.29 bits per heavy atom. The molecule has 0 aliphatic heterocycles. The van der Waals surface area contributed by atoms with Gasteiger partial charge in [0.15, 0.2) is 6.29 Å². The van der Waals surface area contributed by atoms with Crippen molar-refractivity contribution in [3.63, 3.8) is 0 Å². The maximum Gasteiger partial charge on any atom is 0.238 e. The van der Waals surface area contributed by atoms with Crippen LogP contribution in [-0.2, 0) is 11.3 Å². The lowest BCUT2D eigenvalue weighted by Gasteiger charge is -2.18. The molecule has 0 aromatic heterocycles. The van der Waals surface area contributed by atoms with Crippen molar-refractivity contribution in [2.75, 3.05) is 0 Å². The van der Waals surface area contributed by atoms with E-state index in [1.54, 1.807) is 0 Å². The highest BCUT2D eigenvalue weighted by molar-refractivity contribution is 5.31. The van der Waals surface area contributed by atoms with Crippen LogP contribution in [-0.4, -0.2) is 12.6 Å². The summed E-state index contributed by atoms with van der Waals surface area (Å²) in [4.78, 5) is 0. The highest BCUT2D eigenvalue weighted by Crippen LogP contribution is 2.24. The number of hydrogen-bond acceptors (Lipinski definition) is 4. The predicted octanol–water partition coefficient (Wildman–Crippen LogP) is 8.46. The molecule has 4 atom stereocenters. The summed E-state index contributed by atoms with van der Waals surface area (Å²) in [6.07, 6.45) is 1.51. The summed E-state index contributed by atoms with van der Waals surface area (Å²) in [5.74, 6) is 3.48. The van der Waals surface area contributed by atoms with Crippen molar-refractivity contribution in [1.82, 2.24) is 0 Å². The third kappa shape index (κ3) is 8.32. The van der Waals surface area contributed by atoms with Gasteiger partial charge in [-0.3, -0.25) is 0 Å². The van der Waals surface area contributed by atoms with Gasteiger partial charge in [-0.25, -0.2) is 0 Å². The molecule has 0 radical (unpaired) electrons. The average Bonchev–Trinajstić information content (AvgIpc) is 2.88. The summed E-state index contributed by atoms with van der Waals surface area (Å²) in [6.45, 7) is 13.1. The van der Waals surface area contributed by atoms with Crippen LogP contribution in [0.15, 0.2) is 72.8 Å². The van der Waals surface area contributed by atoms with E-state index in [-0.39, 0.29) is 6.29 Å². The second-order valence-electron chi connectivity index (χ2n) is 9.20. The molecule has 3 rings (SSSR count). The van der Waals surface area contributed by atoms with E-state index in [1.165, 1.54) is 11.1 Å². The Morgan fingerprint density at radius 1 is 0.514 bits per heavy atom. The van der Waals surface area contributed by atoms with Crippen LogP contribution < -0.4 is 14.2 Å². The number of hydrogen-bond donors (Lipinski definition) is 0. The lowest BCUT2D eigenvalue weighted by molar-refractivity contribution is -0.0759. The van der Waals surface area contributed by atoms with E-state index < -0.39 is 6.29 Å². The molecule has 0 saturated carbocycles. The lowest BCUT2D eigenvalue weighted by atomic mass is 9.99. The minimum atomic E-state index is -0.397. The van der Waals surface area contributed by atoms with Gasteiger partial charge in [0.2, 0.25) is 6.29 Å². The zero-order chi connectivity index (χ0) is 25.2. The van der Waals surface area contributed by atoms with Gasteiger partial charge in [0.25, 0.3) is 0 Å². The van der Waals surface area contributed by atoms with E-state index in [0.717, 1.165) is 35.7 Å². The molecule has 35 heavy (non-hydrogen) atoms. The average molecular weight is 477 g/mol. The number of ether oxygens (including phenoxy) is 4. The summed E-state index contributed by atoms with van der Waals surface area (Å²) < 4.78 is 23.6. The molecule has 0 amide bonds. The van der Waals surface area contributed by atoms with E-state index in [4.69, 9.17) is 18.9 Å². The molecule has 0 N–H and O–H groups in total. The van der Waals surface area contributed by atoms with Gasteiger partial charge in [-0.2, -0.15) is 0 Å². The Balaban J connectivity index is 1.43. The molecule has 0 aliphatic rings. The quantitative estimate of drug-likeness (QED) is 0.232. The van der Waals surface area contributed by atoms with Crippen LogP contribution in [0.4, 0.5) is 0 Å². The Bertz CT molecular complexity index is 996. The smallest absolute Gasteiger partial charge is 0.238 e. The third-order valence-electron chi connectivity index (χ3n) is 6.44.